The van der Waals surface area contributed by atoms with E-state index >= 15 is 0 Å². The molecular formula is C16H22F2N2O2. The van der Waals surface area contributed by atoms with Crippen LogP contribution < -0.4 is 0 Å². The molecule has 1 heterocycles. The maximum absolute atomic E-state index is 13.8. The van der Waals surface area contributed by atoms with Crippen LogP contribution in [0.3, 0.4) is 0 Å². The number of amides is 1. The monoisotopic (exact) mass is 312 g/mol. The second-order valence-corrected chi connectivity index (χ2v) is 5.65. The minimum absolute atomic E-state index is 0.0819. The van der Waals surface area contributed by atoms with Crippen molar-refractivity contribution < 1.29 is 18.7 Å². The molecule has 0 aliphatic carbocycles. The Morgan fingerprint density at radius 3 is 2.41 bits per heavy atom. The van der Waals surface area contributed by atoms with Gasteiger partial charge in [-0.1, -0.05) is 6.92 Å². The fraction of sp³-hybridized carbons (Fsp3) is 0.562. The Bertz CT molecular complexity index is 539. The lowest BCUT2D eigenvalue weighted by atomic mass is 10.1. The topological polar surface area (TPSA) is 43.8 Å². The normalized spacial score (nSPS) is 17.6. The van der Waals surface area contributed by atoms with E-state index in [2.05, 4.69) is 4.90 Å². The van der Waals surface area contributed by atoms with Gasteiger partial charge in [0.25, 0.3) is 5.91 Å². The summed E-state index contributed by atoms with van der Waals surface area (Å²) in [7, 11) is 0. The number of carbonyl (C=O) groups excluding carboxylic acids is 1. The van der Waals surface area contributed by atoms with Crippen molar-refractivity contribution in [2.75, 3.05) is 32.8 Å². The van der Waals surface area contributed by atoms with Gasteiger partial charge in [0.05, 0.1) is 12.2 Å². The summed E-state index contributed by atoms with van der Waals surface area (Å²) in [4.78, 5) is 16.1. The summed E-state index contributed by atoms with van der Waals surface area (Å²) in [5, 5.41) is 9.32. The molecule has 2 rings (SSSR count). The molecule has 1 fully saturated rings. The zero-order valence-corrected chi connectivity index (χ0v) is 13.0. The van der Waals surface area contributed by atoms with E-state index in [9.17, 15) is 18.7 Å². The van der Waals surface area contributed by atoms with Crippen LogP contribution in [0.1, 0.15) is 29.3 Å². The maximum Gasteiger partial charge on any atom is 0.256 e. The Hall–Kier alpha value is -1.53. The Balaban J connectivity index is 2.05. The van der Waals surface area contributed by atoms with Crippen molar-refractivity contribution in [2.45, 2.75) is 26.3 Å². The molecule has 0 spiro atoms. The standard InChI is InChI=1S/C16H22F2N2O2/c1-3-12(10-21)19-4-6-20(7-5-19)16(22)13-8-11(2)14(17)9-15(13)18/h8-9,12,21H,3-7,10H2,1-2H3. The smallest absolute Gasteiger partial charge is 0.256 e. The van der Waals surface area contributed by atoms with E-state index in [-0.39, 0.29) is 23.8 Å². The molecule has 0 radical (unpaired) electrons. The Morgan fingerprint density at radius 2 is 1.86 bits per heavy atom. The molecule has 1 aromatic carbocycles. The molecule has 1 atom stereocenters. The number of aliphatic hydroxyl groups excluding tert-OH is 1. The van der Waals surface area contributed by atoms with Crippen molar-refractivity contribution >= 4 is 5.91 Å². The molecule has 1 saturated heterocycles. The van der Waals surface area contributed by atoms with Gasteiger partial charge in [-0.3, -0.25) is 9.69 Å². The molecule has 1 aromatic rings. The number of piperazine rings is 1. The predicted octanol–water partition coefficient (Wildman–Crippen LogP) is 1.80. The summed E-state index contributed by atoms with van der Waals surface area (Å²) in [5.41, 5.74) is 0.177. The summed E-state index contributed by atoms with van der Waals surface area (Å²) in [5.74, 6) is -1.87. The van der Waals surface area contributed by atoms with Crippen LogP contribution in [0, 0.1) is 18.6 Å². The van der Waals surface area contributed by atoms with E-state index in [1.54, 1.807) is 4.90 Å². The van der Waals surface area contributed by atoms with Crippen LogP contribution in [0.15, 0.2) is 12.1 Å². The highest BCUT2D eigenvalue weighted by Crippen LogP contribution is 2.18. The Kier molecular flexibility index (Phi) is 5.47. The highest BCUT2D eigenvalue weighted by Gasteiger charge is 2.27. The van der Waals surface area contributed by atoms with Crippen LogP contribution in [0.25, 0.3) is 0 Å². The third-order valence-corrected chi connectivity index (χ3v) is 4.28. The highest BCUT2D eigenvalue weighted by atomic mass is 19.1. The highest BCUT2D eigenvalue weighted by molar-refractivity contribution is 5.94. The van der Waals surface area contributed by atoms with E-state index < -0.39 is 17.5 Å². The molecule has 122 valence electrons. The molecule has 22 heavy (non-hydrogen) atoms. The Labute approximate surface area is 129 Å². The van der Waals surface area contributed by atoms with Crippen molar-refractivity contribution in [2.24, 2.45) is 0 Å². The first kappa shape index (κ1) is 16.8. The Morgan fingerprint density at radius 1 is 1.23 bits per heavy atom. The minimum atomic E-state index is -0.822. The maximum atomic E-state index is 13.8. The second kappa shape index (κ2) is 7.15. The molecule has 4 nitrogen and oxygen atoms in total. The number of benzene rings is 1. The lowest BCUT2D eigenvalue weighted by molar-refractivity contribution is 0.0469. The largest absolute Gasteiger partial charge is 0.395 e. The second-order valence-electron chi connectivity index (χ2n) is 5.65. The van der Waals surface area contributed by atoms with E-state index in [4.69, 9.17) is 0 Å². The van der Waals surface area contributed by atoms with Crippen molar-refractivity contribution in [1.82, 2.24) is 9.80 Å². The van der Waals surface area contributed by atoms with Gasteiger partial charge in [-0.05, 0) is 25.0 Å². The van der Waals surface area contributed by atoms with Crippen molar-refractivity contribution in [3.63, 3.8) is 0 Å². The number of nitrogens with zero attached hydrogens (tertiary/aromatic N) is 2. The number of carbonyl (C=O) groups is 1. The summed E-state index contributed by atoms with van der Waals surface area (Å²) in [6, 6.07) is 2.13. The number of hydrogen-bond acceptors (Lipinski definition) is 3. The van der Waals surface area contributed by atoms with Crippen LogP contribution in [0.2, 0.25) is 0 Å². The van der Waals surface area contributed by atoms with Crippen molar-refractivity contribution in [3.05, 3.63) is 34.9 Å². The fourth-order valence-electron chi connectivity index (χ4n) is 2.78. The zero-order chi connectivity index (χ0) is 16.3. The summed E-state index contributed by atoms with van der Waals surface area (Å²) in [6.45, 7) is 5.86. The van der Waals surface area contributed by atoms with E-state index in [1.165, 1.54) is 13.0 Å². The number of aliphatic hydroxyl groups is 1. The fourth-order valence-corrected chi connectivity index (χ4v) is 2.78. The third-order valence-electron chi connectivity index (χ3n) is 4.28. The van der Waals surface area contributed by atoms with Gasteiger partial charge in [-0.2, -0.15) is 0 Å². The van der Waals surface area contributed by atoms with Gasteiger partial charge in [0.15, 0.2) is 0 Å². The van der Waals surface area contributed by atoms with Crippen LogP contribution in [-0.2, 0) is 0 Å². The molecule has 1 amide bonds. The zero-order valence-electron chi connectivity index (χ0n) is 13.0. The molecule has 0 saturated carbocycles. The first-order valence-electron chi connectivity index (χ1n) is 7.57. The molecule has 0 aromatic heterocycles. The van der Waals surface area contributed by atoms with Crippen molar-refractivity contribution in [1.29, 1.82) is 0 Å². The summed E-state index contributed by atoms with van der Waals surface area (Å²) in [6.07, 6.45) is 0.843. The molecule has 0 bridgehead atoms. The number of aryl methyl sites for hydroxylation is 1. The van der Waals surface area contributed by atoms with Crippen molar-refractivity contribution in [3.8, 4) is 0 Å². The van der Waals surface area contributed by atoms with E-state index in [0.29, 0.717) is 26.2 Å². The van der Waals surface area contributed by atoms with Gasteiger partial charge in [-0.15, -0.1) is 0 Å². The first-order valence-corrected chi connectivity index (χ1v) is 7.57. The number of rotatable bonds is 4. The molecular weight excluding hydrogens is 290 g/mol. The lowest BCUT2D eigenvalue weighted by Crippen LogP contribution is -2.52. The summed E-state index contributed by atoms with van der Waals surface area (Å²) >= 11 is 0. The minimum Gasteiger partial charge on any atom is -0.395 e. The molecule has 1 N–H and O–H groups in total. The molecule has 1 unspecified atom stereocenters. The predicted molar refractivity (Wildman–Crippen MR) is 79.7 cm³/mol. The quantitative estimate of drug-likeness (QED) is 0.922. The average molecular weight is 312 g/mol. The summed E-state index contributed by atoms with van der Waals surface area (Å²) < 4.78 is 27.1. The van der Waals surface area contributed by atoms with E-state index in [0.717, 1.165) is 12.5 Å². The third kappa shape index (κ3) is 3.44. The van der Waals surface area contributed by atoms with Gasteiger partial charge in [-0.25, -0.2) is 8.78 Å². The van der Waals surface area contributed by atoms with Gasteiger partial charge >= 0.3 is 0 Å². The van der Waals surface area contributed by atoms with Gasteiger partial charge < -0.3 is 10.0 Å². The SMILES string of the molecule is CCC(CO)N1CCN(C(=O)c2cc(C)c(F)cc2F)CC1. The van der Waals surface area contributed by atoms with Crippen LogP contribution >= 0.6 is 0 Å². The van der Waals surface area contributed by atoms with E-state index in [1.807, 2.05) is 6.92 Å². The van der Waals surface area contributed by atoms with Crippen LogP contribution in [0.4, 0.5) is 8.78 Å². The molecule has 1 aliphatic heterocycles. The van der Waals surface area contributed by atoms with Gasteiger partial charge in [0.1, 0.15) is 11.6 Å². The van der Waals surface area contributed by atoms with Gasteiger partial charge in [0.2, 0.25) is 0 Å². The van der Waals surface area contributed by atoms with Crippen LogP contribution in [0.5, 0.6) is 0 Å². The number of halogens is 2. The van der Waals surface area contributed by atoms with Crippen LogP contribution in [-0.4, -0.2) is 59.6 Å². The molecule has 1 aliphatic rings. The first-order chi connectivity index (χ1) is 10.5. The average Bonchev–Trinajstić information content (AvgIpc) is 2.52. The number of hydrogen-bond donors (Lipinski definition) is 1. The lowest BCUT2D eigenvalue weighted by Gasteiger charge is -2.38. The van der Waals surface area contributed by atoms with Gasteiger partial charge in [0, 0.05) is 38.3 Å². The molecule has 6 heteroatoms.